The van der Waals surface area contributed by atoms with Crippen LogP contribution in [0.3, 0.4) is 0 Å². The zero-order valence-corrected chi connectivity index (χ0v) is 21.9. The molecule has 2 N–H and O–H groups in total. The highest BCUT2D eigenvalue weighted by molar-refractivity contribution is 6.00. The molecule has 0 unspecified atom stereocenters. The molecule has 2 aliphatic rings. The molecule has 190 valence electrons. The van der Waals surface area contributed by atoms with Gasteiger partial charge in [-0.3, -0.25) is 4.79 Å². The van der Waals surface area contributed by atoms with Gasteiger partial charge in [-0.1, -0.05) is 18.2 Å². The second-order valence-electron chi connectivity index (χ2n) is 10.7. The number of rotatable bonds is 12. The van der Waals surface area contributed by atoms with Crippen LogP contribution in [0.1, 0.15) is 60.0 Å². The summed E-state index contributed by atoms with van der Waals surface area (Å²) in [5, 5.41) is 0. The van der Waals surface area contributed by atoms with Crippen molar-refractivity contribution in [3.63, 3.8) is 0 Å². The second-order valence-corrected chi connectivity index (χ2v) is 10.7. The molecule has 2 aromatic rings. The van der Waals surface area contributed by atoms with Gasteiger partial charge in [0.15, 0.2) is 5.78 Å². The minimum atomic E-state index is 0.274. The van der Waals surface area contributed by atoms with E-state index in [2.05, 4.69) is 67.2 Å². The Bertz CT molecular complexity index is 995. The molecule has 35 heavy (non-hydrogen) atoms. The van der Waals surface area contributed by atoms with Crippen molar-refractivity contribution in [3.05, 3.63) is 53.1 Å². The van der Waals surface area contributed by atoms with Crippen molar-refractivity contribution in [2.45, 2.75) is 52.0 Å². The van der Waals surface area contributed by atoms with Crippen molar-refractivity contribution < 1.29 is 9.53 Å². The number of benzene rings is 2. The van der Waals surface area contributed by atoms with Crippen LogP contribution in [0.25, 0.3) is 11.1 Å². The fourth-order valence-electron chi connectivity index (χ4n) is 5.30. The van der Waals surface area contributed by atoms with Gasteiger partial charge < -0.3 is 20.3 Å². The Morgan fingerprint density at radius 1 is 1.03 bits per heavy atom. The Morgan fingerprint density at radius 2 is 1.80 bits per heavy atom. The number of hydrogen-bond acceptors (Lipinski definition) is 5. The predicted molar refractivity (Wildman–Crippen MR) is 145 cm³/mol. The lowest BCUT2D eigenvalue weighted by Gasteiger charge is -2.25. The van der Waals surface area contributed by atoms with Gasteiger partial charge in [0.1, 0.15) is 0 Å². The smallest absolute Gasteiger partial charge is 0.163 e. The predicted octanol–water partition coefficient (Wildman–Crippen LogP) is 5.29. The molecule has 1 saturated heterocycles. The summed E-state index contributed by atoms with van der Waals surface area (Å²) in [6.45, 7) is 7.25. The van der Waals surface area contributed by atoms with E-state index in [4.69, 9.17) is 10.5 Å². The van der Waals surface area contributed by atoms with Crippen LogP contribution in [-0.4, -0.2) is 57.6 Å². The van der Waals surface area contributed by atoms with Gasteiger partial charge in [-0.05, 0) is 98.4 Å². The fourth-order valence-corrected chi connectivity index (χ4v) is 5.30. The molecular weight excluding hydrogens is 434 g/mol. The largest absolute Gasteiger partial charge is 0.381 e. The molecule has 5 nitrogen and oxygen atoms in total. The summed E-state index contributed by atoms with van der Waals surface area (Å²) >= 11 is 0. The number of carbonyl (C=O) groups is 1. The molecule has 2 fully saturated rings. The van der Waals surface area contributed by atoms with E-state index in [1.54, 1.807) is 0 Å². The molecule has 0 atom stereocenters. The highest BCUT2D eigenvalue weighted by Crippen LogP contribution is 2.36. The van der Waals surface area contributed by atoms with Crippen molar-refractivity contribution >= 4 is 11.5 Å². The molecule has 1 saturated carbocycles. The number of carbonyl (C=O) groups excluding carboxylic acids is 1. The molecule has 4 rings (SSSR count). The third-order valence-corrected chi connectivity index (χ3v) is 7.67. The summed E-state index contributed by atoms with van der Waals surface area (Å²) < 4.78 is 5.50. The van der Waals surface area contributed by atoms with Crippen LogP contribution < -0.4 is 10.6 Å². The van der Waals surface area contributed by atoms with Crippen molar-refractivity contribution in [2.24, 2.45) is 17.6 Å². The number of nitrogens with two attached hydrogens (primary N) is 1. The van der Waals surface area contributed by atoms with Gasteiger partial charge >= 0.3 is 0 Å². The van der Waals surface area contributed by atoms with Crippen molar-refractivity contribution in [2.75, 3.05) is 51.8 Å². The summed E-state index contributed by atoms with van der Waals surface area (Å²) in [5.74, 6) is 1.67. The van der Waals surface area contributed by atoms with Gasteiger partial charge in [0, 0.05) is 64.1 Å². The van der Waals surface area contributed by atoms with Crippen molar-refractivity contribution in [1.29, 1.82) is 0 Å². The monoisotopic (exact) mass is 477 g/mol. The SMILES string of the molecule is Cc1c(C(=O)CCC2CCOCC2)cc(-c2cccc(CN(C)CCN)c2)cc1N(C)CC1CC1. The molecule has 1 aliphatic heterocycles. The third-order valence-electron chi connectivity index (χ3n) is 7.67. The maximum atomic E-state index is 13.5. The van der Waals surface area contributed by atoms with Crippen LogP contribution in [0.4, 0.5) is 5.69 Å². The van der Waals surface area contributed by atoms with Crippen LogP contribution in [0.15, 0.2) is 36.4 Å². The number of hydrogen-bond donors (Lipinski definition) is 1. The van der Waals surface area contributed by atoms with E-state index in [-0.39, 0.29) is 5.78 Å². The number of nitrogens with zero attached hydrogens (tertiary/aromatic N) is 2. The van der Waals surface area contributed by atoms with E-state index in [1.807, 2.05) is 0 Å². The van der Waals surface area contributed by atoms with Crippen LogP contribution in [0.2, 0.25) is 0 Å². The van der Waals surface area contributed by atoms with Crippen LogP contribution in [0.5, 0.6) is 0 Å². The van der Waals surface area contributed by atoms with Crippen LogP contribution in [0, 0.1) is 18.8 Å². The first kappa shape index (κ1) is 25.9. The first-order valence-electron chi connectivity index (χ1n) is 13.4. The molecule has 1 heterocycles. The number of Topliss-reactive ketones (excluding diaryl/α,β-unsaturated/α-hetero) is 1. The molecule has 5 heteroatoms. The van der Waals surface area contributed by atoms with Crippen LogP contribution >= 0.6 is 0 Å². The fraction of sp³-hybridized carbons (Fsp3) is 0.567. The standard InChI is InChI=1S/C30H43N3O2/c1-22-28(30(34)10-9-23-11-15-35-16-12-23)18-27(19-29(22)33(3)21-24-7-8-24)26-6-4-5-25(17-26)20-32(2)14-13-31/h4-6,17-19,23-24H,7-16,20-21,31H2,1-3H3. The van der Waals surface area contributed by atoms with Crippen LogP contribution in [-0.2, 0) is 11.3 Å². The van der Waals surface area contributed by atoms with Crippen molar-refractivity contribution in [3.8, 4) is 11.1 Å². The van der Waals surface area contributed by atoms with Gasteiger partial charge in [0.2, 0.25) is 0 Å². The molecule has 0 bridgehead atoms. The Balaban J connectivity index is 1.61. The van der Waals surface area contributed by atoms with E-state index in [0.717, 1.165) is 74.7 Å². The Labute approximate surface area is 211 Å². The first-order chi connectivity index (χ1) is 16.9. The average Bonchev–Trinajstić information content (AvgIpc) is 3.67. The lowest BCUT2D eigenvalue weighted by molar-refractivity contribution is 0.0619. The number of likely N-dealkylation sites (N-methyl/N-ethyl adjacent to an activating group) is 1. The maximum absolute atomic E-state index is 13.5. The molecular formula is C30H43N3O2. The summed E-state index contributed by atoms with van der Waals surface area (Å²) in [7, 11) is 4.28. The zero-order valence-electron chi connectivity index (χ0n) is 21.9. The Morgan fingerprint density at radius 3 is 2.51 bits per heavy atom. The highest BCUT2D eigenvalue weighted by atomic mass is 16.5. The number of anilines is 1. The van der Waals surface area contributed by atoms with E-state index < -0.39 is 0 Å². The normalized spacial score (nSPS) is 16.6. The molecule has 2 aromatic carbocycles. The maximum Gasteiger partial charge on any atom is 0.163 e. The molecule has 0 spiro atoms. The lowest BCUT2D eigenvalue weighted by atomic mass is 9.89. The summed E-state index contributed by atoms with van der Waals surface area (Å²) in [4.78, 5) is 18.1. The third kappa shape index (κ3) is 7.16. The zero-order chi connectivity index (χ0) is 24.8. The van der Waals surface area contributed by atoms with Crippen molar-refractivity contribution in [1.82, 2.24) is 4.90 Å². The first-order valence-corrected chi connectivity index (χ1v) is 13.4. The number of ketones is 1. The van der Waals surface area contributed by atoms with E-state index >= 15 is 0 Å². The summed E-state index contributed by atoms with van der Waals surface area (Å²) in [6, 6.07) is 13.1. The Kier molecular flexibility index (Phi) is 8.99. The van der Waals surface area contributed by atoms with Gasteiger partial charge in [0.25, 0.3) is 0 Å². The topological polar surface area (TPSA) is 58.8 Å². The number of ether oxygens (including phenoxy) is 1. The molecule has 0 amide bonds. The van der Waals surface area contributed by atoms with E-state index in [1.165, 1.54) is 29.7 Å². The minimum absolute atomic E-state index is 0.274. The molecule has 0 aromatic heterocycles. The Hall–Kier alpha value is -2.21. The van der Waals surface area contributed by atoms with E-state index in [0.29, 0.717) is 18.9 Å². The lowest BCUT2D eigenvalue weighted by Crippen LogP contribution is -2.24. The van der Waals surface area contributed by atoms with Gasteiger partial charge in [-0.25, -0.2) is 0 Å². The summed E-state index contributed by atoms with van der Waals surface area (Å²) in [5.41, 5.74) is 12.5. The average molecular weight is 478 g/mol. The summed E-state index contributed by atoms with van der Waals surface area (Å²) in [6.07, 6.45) is 6.36. The second kappa shape index (κ2) is 12.2. The highest BCUT2D eigenvalue weighted by Gasteiger charge is 2.25. The quantitative estimate of drug-likeness (QED) is 0.421. The van der Waals surface area contributed by atoms with Gasteiger partial charge in [-0.2, -0.15) is 0 Å². The van der Waals surface area contributed by atoms with E-state index in [9.17, 15) is 4.79 Å². The minimum Gasteiger partial charge on any atom is -0.381 e. The molecule has 0 radical (unpaired) electrons. The van der Waals surface area contributed by atoms with Gasteiger partial charge in [0.05, 0.1) is 0 Å². The van der Waals surface area contributed by atoms with Gasteiger partial charge in [-0.15, -0.1) is 0 Å². The molecule has 1 aliphatic carbocycles.